The lowest BCUT2D eigenvalue weighted by Crippen LogP contribution is -2.10. The molecule has 0 saturated heterocycles. The van der Waals surface area contributed by atoms with E-state index in [1.807, 2.05) is 71.4 Å². The maximum Gasteiger partial charge on any atom is 0.291 e. The Balaban J connectivity index is 1.41. The quantitative estimate of drug-likeness (QED) is 0.327. The average molecular weight is 458 g/mol. The summed E-state index contributed by atoms with van der Waals surface area (Å²) in [6, 6.07) is 20.7. The van der Waals surface area contributed by atoms with E-state index in [9.17, 15) is 4.79 Å². The van der Waals surface area contributed by atoms with Crippen molar-refractivity contribution in [2.45, 2.75) is 6.54 Å². The first kappa shape index (κ1) is 20.8. The summed E-state index contributed by atoms with van der Waals surface area (Å²) >= 11 is 6.04. The molecular formula is C26H20ClN3O3. The van der Waals surface area contributed by atoms with Crippen LogP contribution in [0.1, 0.15) is 16.1 Å². The second kappa shape index (κ2) is 8.84. The van der Waals surface area contributed by atoms with Crippen LogP contribution in [0, 0.1) is 0 Å². The number of benzene rings is 3. The molecule has 0 fully saturated rings. The number of methoxy groups -OCH3 is 1. The summed E-state index contributed by atoms with van der Waals surface area (Å²) in [7, 11) is 1.57. The maximum absolute atomic E-state index is 12.9. The van der Waals surface area contributed by atoms with Gasteiger partial charge >= 0.3 is 0 Å². The van der Waals surface area contributed by atoms with Crippen molar-refractivity contribution < 1.29 is 13.9 Å². The van der Waals surface area contributed by atoms with Crippen LogP contribution in [-0.2, 0) is 6.54 Å². The summed E-state index contributed by atoms with van der Waals surface area (Å²) < 4.78 is 13.4. The lowest BCUT2D eigenvalue weighted by Gasteiger charge is -2.06. The Kier molecular flexibility index (Phi) is 5.59. The Hall–Kier alpha value is -4.03. The van der Waals surface area contributed by atoms with Crippen LogP contribution in [0.25, 0.3) is 22.1 Å². The van der Waals surface area contributed by atoms with Crippen molar-refractivity contribution in [2.75, 3.05) is 12.4 Å². The lowest BCUT2D eigenvalue weighted by atomic mass is 10.0. The van der Waals surface area contributed by atoms with Crippen molar-refractivity contribution in [2.24, 2.45) is 0 Å². The molecule has 0 atom stereocenters. The summed E-state index contributed by atoms with van der Waals surface area (Å²) in [5.41, 5.74) is 4.19. The second-order valence-corrected chi connectivity index (χ2v) is 8.00. The van der Waals surface area contributed by atoms with E-state index in [0.717, 1.165) is 22.1 Å². The highest BCUT2D eigenvalue weighted by Crippen LogP contribution is 2.37. The van der Waals surface area contributed by atoms with Gasteiger partial charge in [-0.15, -0.1) is 0 Å². The Morgan fingerprint density at radius 1 is 1.09 bits per heavy atom. The molecule has 0 aliphatic carbocycles. The first-order chi connectivity index (χ1) is 16.1. The number of hydrogen-bond donors (Lipinski definition) is 1. The van der Waals surface area contributed by atoms with Crippen LogP contribution < -0.4 is 10.1 Å². The van der Waals surface area contributed by atoms with Crippen LogP contribution >= 0.6 is 11.6 Å². The van der Waals surface area contributed by atoms with Crippen LogP contribution in [0.15, 0.2) is 89.9 Å². The zero-order chi connectivity index (χ0) is 22.8. The molecule has 164 valence electrons. The van der Waals surface area contributed by atoms with E-state index < -0.39 is 0 Å². The lowest BCUT2D eigenvalue weighted by molar-refractivity contribution is 0.0998. The van der Waals surface area contributed by atoms with Gasteiger partial charge < -0.3 is 19.0 Å². The Morgan fingerprint density at radius 3 is 2.58 bits per heavy atom. The van der Waals surface area contributed by atoms with Gasteiger partial charge in [-0.25, -0.2) is 4.98 Å². The fourth-order valence-corrected chi connectivity index (χ4v) is 3.86. The highest BCUT2D eigenvalue weighted by atomic mass is 35.5. The SMILES string of the molecule is COc1ccc(-c2ccc(Cl)cc2)c2cc(C(=O)Nc3ccc(Cn4ccnc4)cc3)oc12. The largest absolute Gasteiger partial charge is 0.493 e. The molecule has 7 heteroatoms. The maximum atomic E-state index is 12.9. The van der Waals surface area contributed by atoms with Crippen molar-refractivity contribution in [3.05, 3.63) is 102 Å². The number of ether oxygens (including phenoxy) is 1. The van der Waals surface area contributed by atoms with Gasteiger partial charge in [-0.3, -0.25) is 4.79 Å². The van der Waals surface area contributed by atoms with Gasteiger partial charge in [-0.2, -0.15) is 0 Å². The number of carbonyl (C=O) groups excluding carboxylic acids is 1. The number of carbonyl (C=O) groups is 1. The van der Waals surface area contributed by atoms with Crippen molar-refractivity contribution in [3.8, 4) is 16.9 Å². The van der Waals surface area contributed by atoms with Crippen LogP contribution in [0.2, 0.25) is 5.02 Å². The third kappa shape index (κ3) is 4.33. The highest BCUT2D eigenvalue weighted by Gasteiger charge is 2.18. The predicted molar refractivity (Wildman–Crippen MR) is 129 cm³/mol. The number of anilines is 1. The number of furan rings is 1. The molecule has 1 amide bonds. The van der Waals surface area contributed by atoms with Crippen molar-refractivity contribution in [1.29, 1.82) is 0 Å². The van der Waals surface area contributed by atoms with Gasteiger partial charge in [0.15, 0.2) is 17.1 Å². The first-order valence-corrected chi connectivity index (χ1v) is 10.7. The normalized spacial score (nSPS) is 11.0. The molecule has 0 saturated carbocycles. The first-order valence-electron chi connectivity index (χ1n) is 10.3. The number of fused-ring (bicyclic) bond motifs is 1. The molecular weight excluding hydrogens is 438 g/mol. The van der Waals surface area contributed by atoms with E-state index in [0.29, 0.717) is 28.6 Å². The number of nitrogens with zero attached hydrogens (tertiary/aromatic N) is 2. The van der Waals surface area contributed by atoms with Gasteiger partial charge in [-0.1, -0.05) is 35.9 Å². The number of nitrogens with one attached hydrogen (secondary N) is 1. The third-order valence-corrected chi connectivity index (χ3v) is 5.63. The monoisotopic (exact) mass is 457 g/mol. The fourth-order valence-electron chi connectivity index (χ4n) is 3.73. The molecule has 2 heterocycles. The van der Waals surface area contributed by atoms with Gasteiger partial charge in [0.25, 0.3) is 5.91 Å². The molecule has 2 aromatic heterocycles. The summed E-state index contributed by atoms with van der Waals surface area (Å²) in [5, 5.41) is 4.35. The summed E-state index contributed by atoms with van der Waals surface area (Å²) in [4.78, 5) is 17.0. The Morgan fingerprint density at radius 2 is 1.88 bits per heavy atom. The summed E-state index contributed by atoms with van der Waals surface area (Å²) in [5.74, 6) is 0.426. The van der Waals surface area contributed by atoms with Gasteiger partial charge in [-0.05, 0) is 59.2 Å². The average Bonchev–Trinajstić information content (AvgIpc) is 3.51. The molecule has 6 nitrogen and oxygen atoms in total. The van der Waals surface area contributed by atoms with Crippen LogP contribution in [-0.4, -0.2) is 22.6 Å². The van der Waals surface area contributed by atoms with E-state index in [1.165, 1.54) is 0 Å². The number of imidazole rings is 1. The van der Waals surface area contributed by atoms with Crippen molar-refractivity contribution in [3.63, 3.8) is 0 Å². The van der Waals surface area contributed by atoms with Crippen LogP contribution in [0.3, 0.4) is 0 Å². The van der Waals surface area contributed by atoms with E-state index in [1.54, 1.807) is 25.7 Å². The molecule has 0 aliphatic heterocycles. The van der Waals surface area contributed by atoms with Gasteiger partial charge in [0.2, 0.25) is 0 Å². The molecule has 5 rings (SSSR count). The fraction of sp³-hybridized carbons (Fsp3) is 0.0769. The van der Waals surface area contributed by atoms with Crippen LogP contribution in [0.4, 0.5) is 5.69 Å². The summed E-state index contributed by atoms with van der Waals surface area (Å²) in [6.07, 6.45) is 5.42. The van der Waals surface area contributed by atoms with Crippen LogP contribution in [0.5, 0.6) is 5.75 Å². The molecule has 5 aromatic rings. The minimum atomic E-state index is -0.335. The number of aromatic nitrogens is 2. The number of halogens is 1. The topological polar surface area (TPSA) is 69.3 Å². The van der Waals surface area contributed by atoms with Gasteiger partial charge in [0.05, 0.1) is 13.4 Å². The van der Waals surface area contributed by atoms with Crippen molar-refractivity contribution in [1.82, 2.24) is 9.55 Å². The van der Waals surface area contributed by atoms with E-state index >= 15 is 0 Å². The molecule has 0 spiro atoms. The minimum Gasteiger partial charge on any atom is -0.493 e. The van der Waals surface area contributed by atoms with E-state index in [2.05, 4.69) is 10.3 Å². The zero-order valence-corrected chi connectivity index (χ0v) is 18.5. The number of amides is 1. The molecule has 33 heavy (non-hydrogen) atoms. The molecule has 0 unspecified atom stereocenters. The number of hydrogen-bond acceptors (Lipinski definition) is 4. The smallest absolute Gasteiger partial charge is 0.291 e. The van der Waals surface area contributed by atoms with Crippen molar-refractivity contribution >= 4 is 34.2 Å². The Labute approximate surface area is 195 Å². The highest BCUT2D eigenvalue weighted by molar-refractivity contribution is 6.30. The second-order valence-electron chi connectivity index (χ2n) is 7.56. The molecule has 0 radical (unpaired) electrons. The van der Waals surface area contributed by atoms with Gasteiger partial charge in [0, 0.05) is 35.0 Å². The molecule has 3 aromatic carbocycles. The molecule has 1 N–H and O–H groups in total. The zero-order valence-electron chi connectivity index (χ0n) is 17.8. The number of rotatable bonds is 6. The van der Waals surface area contributed by atoms with E-state index in [-0.39, 0.29) is 11.7 Å². The summed E-state index contributed by atoms with van der Waals surface area (Å²) in [6.45, 7) is 0.713. The van der Waals surface area contributed by atoms with E-state index in [4.69, 9.17) is 20.8 Å². The minimum absolute atomic E-state index is 0.201. The molecule has 0 bridgehead atoms. The third-order valence-electron chi connectivity index (χ3n) is 5.38. The molecule has 0 aliphatic rings. The Bertz CT molecular complexity index is 1410. The predicted octanol–water partition coefficient (Wildman–Crippen LogP) is 6.26. The standard InChI is InChI=1S/C26H20ClN3O3/c1-32-23-11-10-21(18-4-6-19(27)7-5-18)22-14-24(33-25(22)23)26(31)29-20-8-2-17(3-9-20)15-30-13-12-28-16-30/h2-14,16H,15H2,1H3,(H,29,31). The van der Waals surface area contributed by atoms with Gasteiger partial charge in [0.1, 0.15) is 0 Å².